The number of carbonyl (C=O) groups excluding carboxylic acids is 1. The Morgan fingerprint density at radius 3 is 2.24 bits per heavy atom. The van der Waals surface area contributed by atoms with Gasteiger partial charge >= 0.3 is 0 Å². The zero-order chi connectivity index (χ0) is 12.5. The predicted octanol–water partition coefficient (Wildman–Crippen LogP) is 2.02. The first kappa shape index (κ1) is 12.9. The van der Waals surface area contributed by atoms with E-state index >= 15 is 0 Å². The van der Waals surface area contributed by atoms with Gasteiger partial charge in [0.25, 0.3) is 0 Å². The Bertz CT molecular complexity index is 270. The van der Waals surface area contributed by atoms with Crippen LogP contribution in [0.15, 0.2) is 0 Å². The lowest BCUT2D eigenvalue weighted by molar-refractivity contribution is -0.133. The van der Waals surface area contributed by atoms with E-state index in [1.165, 1.54) is 12.8 Å². The van der Waals surface area contributed by atoms with E-state index in [-0.39, 0.29) is 5.54 Å². The highest BCUT2D eigenvalue weighted by Gasteiger charge is 2.34. The van der Waals surface area contributed by atoms with Crippen molar-refractivity contribution in [1.82, 2.24) is 10.2 Å². The van der Waals surface area contributed by atoms with Crippen molar-refractivity contribution < 1.29 is 4.79 Å². The van der Waals surface area contributed by atoms with Gasteiger partial charge in [-0.1, -0.05) is 0 Å². The number of likely N-dealkylation sites (tertiary alicyclic amines) is 1. The van der Waals surface area contributed by atoms with Crippen LogP contribution in [0.1, 0.15) is 46.5 Å². The molecule has 1 N–H and O–H groups in total. The first-order valence-corrected chi connectivity index (χ1v) is 6.99. The van der Waals surface area contributed by atoms with Crippen molar-refractivity contribution in [2.45, 2.75) is 52.0 Å². The molecule has 0 radical (unpaired) electrons. The van der Waals surface area contributed by atoms with Gasteiger partial charge in [-0.2, -0.15) is 0 Å². The summed E-state index contributed by atoms with van der Waals surface area (Å²) >= 11 is 0. The monoisotopic (exact) mass is 238 g/mol. The molecule has 2 aliphatic rings. The van der Waals surface area contributed by atoms with Crippen LogP contribution in [-0.2, 0) is 4.79 Å². The summed E-state index contributed by atoms with van der Waals surface area (Å²) in [5.41, 5.74) is 0.209. The third kappa shape index (κ3) is 3.98. The number of nitrogens with one attached hydrogen (secondary N) is 1. The second-order valence-corrected chi connectivity index (χ2v) is 6.67. The highest BCUT2D eigenvalue weighted by Crippen LogP contribution is 2.32. The lowest BCUT2D eigenvalue weighted by atomic mass is 9.95. The van der Waals surface area contributed by atoms with Crippen molar-refractivity contribution in [2.24, 2.45) is 11.8 Å². The number of carbonyl (C=O) groups is 1. The molecule has 1 saturated carbocycles. The summed E-state index contributed by atoms with van der Waals surface area (Å²) in [6, 6.07) is 0. The van der Waals surface area contributed by atoms with E-state index in [1.54, 1.807) is 0 Å². The molecule has 1 aliphatic heterocycles. The van der Waals surface area contributed by atoms with Gasteiger partial charge in [0, 0.05) is 24.5 Å². The summed E-state index contributed by atoms with van der Waals surface area (Å²) < 4.78 is 0. The quantitative estimate of drug-likeness (QED) is 0.816. The minimum atomic E-state index is 0.209. The lowest BCUT2D eigenvalue weighted by Gasteiger charge is -2.34. The molecule has 98 valence electrons. The van der Waals surface area contributed by atoms with Crippen molar-refractivity contribution in [2.75, 3.05) is 19.6 Å². The summed E-state index contributed by atoms with van der Waals surface area (Å²) in [6.07, 6.45) is 4.60. The number of piperidine rings is 1. The normalized spacial score (nSPS) is 22.9. The van der Waals surface area contributed by atoms with E-state index in [9.17, 15) is 4.79 Å². The van der Waals surface area contributed by atoms with Crippen LogP contribution < -0.4 is 5.32 Å². The van der Waals surface area contributed by atoms with Gasteiger partial charge in [-0.25, -0.2) is 0 Å². The van der Waals surface area contributed by atoms with Gasteiger partial charge in [0.05, 0.1) is 0 Å². The van der Waals surface area contributed by atoms with Crippen LogP contribution in [0.5, 0.6) is 0 Å². The molecule has 0 bridgehead atoms. The lowest BCUT2D eigenvalue weighted by Crippen LogP contribution is -2.44. The molecule has 3 heteroatoms. The minimum absolute atomic E-state index is 0.209. The average Bonchev–Trinajstić information content (AvgIpc) is 3.09. The first-order valence-electron chi connectivity index (χ1n) is 6.99. The maximum absolute atomic E-state index is 11.9. The molecule has 0 aromatic heterocycles. The summed E-state index contributed by atoms with van der Waals surface area (Å²) in [6.45, 7) is 9.67. The zero-order valence-electron chi connectivity index (χ0n) is 11.5. The zero-order valence-corrected chi connectivity index (χ0v) is 11.5. The Kier molecular flexibility index (Phi) is 3.76. The van der Waals surface area contributed by atoms with Crippen LogP contribution in [0, 0.1) is 11.8 Å². The number of nitrogens with zero attached hydrogens (tertiary/aromatic N) is 1. The fourth-order valence-electron chi connectivity index (χ4n) is 2.40. The van der Waals surface area contributed by atoms with E-state index < -0.39 is 0 Å². The SMILES string of the molecule is CC(C)(C)NCC1CCN(C(=O)C2CC2)CC1. The van der Waals surface area contributed by atoms with Crippen LogP contribution in [-0.4, -0.2) is 36.0 Å². The van der Waals surface area contributed by atoms with E-state index in [4.69, 9.17) is 0 Å². The maximum atomic E-state index is 11.9. The molecular weight excluding hydrogens is 212 g/mol. The number of rotatable bonds is 3. The smallest absolute Gasteiger partial charge is 0.225 e. The van der Waals surface area contributed by atoms with E-state index in [0.29, 0.717) is 11.8 Å². The molecule has 0 unspecified atom stereocenters. The largest absolute Gasteiger partial charge is 0.342 e. The Labute approximate surface area is 105 Å². The van der Waals surface area contributed by atoms with Crippen LogP contribution in [0.4, 0.5) is 0 Å². The Morgan fingerprint density at radius 1 is 1.18 bits per heavy atom. The summed E-state index contributed by atoms with van der Waals surface area (Å²) in [4.78, 5) is 14.0. The highest BCUT2D eigenvalue weighted by atomic mass is 16.2. The minimum Gasteiger partial charge on any atom is -0.342 e. The molecule has 2 fully saturated rings. The molecule has 1 heterocycles. The van der Waals surface area contributed by atoms with Gasteiger partial charge < -0.3 is 10.2 Å². The summed E-state index contributed by atoms with van der Waals surface area (Å²) in [5, 5.41) is 3.57. The molecule has 0 atom stereocenters. The summed E-state index contributed by atoms with van der Waals surface area (Å²) in [5.74, 6) is 1.56. The molecule has 1 saturated heterocycles. The Hall–Kier alpha value is -0.570. The topological polar surface area (TPSA) is 32.3 Å². The number of hydrogen-bond donors (Lipinski definition) is 1. The van der Waals surface area contributed by atoms with Crippen molar-refractivity contribution in [3.63, 3.8) is 0 Å². The van der Waals surface area contributed by atoms with Gasteiger partial charge in [0.2, 0.25) is 5.91 Å². The van der Waals surface area contributed by atoms with Crippen molar-refractivity contribution in [1.29, 1.82) is 0 Å². The molecule has 17 heavy (non-hydrogen) atoms. The fourth-order valence-corrected chi connectivity index (χ4v) is 2.40. The van der Waals surface area contributed by atoms with E-state index in [1.807, 2.05) is 0 Å². The fraction of sp³-hybridized carbons (Fsp3) is 0.929. The molecule has 0 aromatic carbocycles. The van der Waals surface area contributed by atoms with Gasteiger partial charge in [-0.05, 0) is 58.9 Å². The molecule has 1 aliphatic carbocycles. The van der Waals surface area contributed by atoms with Crippen LogP contribution in [0.2, 0.25) is 0 Å². The van der Waals surface area contributed by atoms with Gasteiger partial charge in [0.15, 0.2) is 0 Å². The third-order valence-corrected chi connectivity index (χ3v) is 3.77. The molecule has 1 amide bonds. The van der Waals surface area contributed by atoms with Crippen LogP contribution >= 0.6 is 0 Å². The molecule has 0 aromatic rings. The first-order chi connectivity index (χ1) is 7.96. The Balaban J connectivity index is 1.68. The third-order valence-electron chi connectivity index (χ3n) is 3.77. The average molecular weight is 238 g/mol. The summed E-state index contributed by atoms with van der Waals surface area (Å²) in [7, 11) is 0. The van der Waals surface area contributed by atoms with E-state index in [2.05, 4.69) is 31.0 Å². The Morgan fingerprint density at radius 2 is 1.76 bits per heavy atom. The van der Waals surface area contributed by atoms with Gasteiger partial charge in [0.1, 0.15) is 0 Å². The maximum Gasteiger partial charge on any atom is 0.225 e. The van der Waals surface area contributed by atoms with Crippen molar-refractivity contribution in [3.05, 3.63) is 0 Å². The van der Waals surface area contributed by atoms with Crippen LogP contribution in [0.3, 0.4) is 0 Å². The predicted molar refractivity (Wildman–Crippen MR) is 69.8 cm³/mol. The number of amides is 1. The van der Waals surface area contributed by atoms with Crippen molar-refractivity contribution >= 4 is 5.91 Å². The van der Waals surface area contributed by atoms with Gasteiger partial charge in [-0.3, -0.25) is 4.79 Å². The standard InChI is InChI=1S/C14H26N2O/c1-14(2,3)15-10-11-6-8-16(9-7-11)13(17)12-4-5-12/h11-12,15H,4-10H2,1-3H3. The second-order valence-electron chi connectivity index (χ2n) is 6.67. The molecular formula is C14H26N2O. The van der Waals surface area contributed by atoms with Gasteiger partial charge in [-0.15, -0.1) is 0 Å². The van der Waals surface area contributed by atoms with Crippen molar-refractivity contribution in [3.8, 4) is 0 Å². The van der Waals surface area contributed by atoms with E-state index in [0.717, 1.165) is 38.4 Å². The molecule has 0 spiro atoms. The molecule has 2 rings (SSSR count). The van der Waals surface area contributed by atoms with Crippen LogP contribution in [0.25, 0.3) is 0 Å². The number of hydrogen-bond acceptors (Lipinski definition) is 2. The second kappa shape index (κ2) is 4.97. The molecule has 3 nitrogen and oxygen atoms in total. The highest BCUT2D eigenvalue weighted by molar-refractivity contribution is 5.81.